The number of benzene rings is 1. The highest BCUT2D eigenvalue weighted by atomic mass is 14.9. The van der Waals surface area contributed by atoms with E-state index in [-0.39, 0.29) is 0 Å². The number of nitrogens with one attached hydrogen (secondary N) is 1. The zero-order chi connectivity index (χ0) is 12.8. The molecule has 0 bridgehead atoms. The molecule has 1 aliphatic rings. The van der Waals surface area contributed by atoms with Crippen LogP contribution in [0, 0.1) is 11.8 Å². The van der Waals surface area contributed by atoms with Crippen molar-refractivity contribution in [2.24, 2.45) is 11.8 Å². The molecule has 1 heteroatoms. The first-order valence-electron chi connectivity index (χ1n) is 7.22. The normalized spacial score (nSPS) is 28.7. The van der Waals surface area contributed by atoms with Crippen LogP contribution in [-0.2, 0) is 0 Å². The second-order valence-electron chi connectivity index (χ2n) is 5.60. The van der Waals surface area contributed by atoms with Crippen LogP contribution in [0.4, 0.5) is 0 Å². The van der Waals surface area contributed by atoms with Gasteiger partial charge < -0.3 is 5.32 Å². The van der Waals surface area contributed by atoms with Gasteiger partial charge in [0.05, 0.1) is 0 Å². The Morgan fingerprint density at radius 2 is 1.94 bits per heavy atom. The standard InChI is InChI=1S/C17H25N/c1-14-8-6-12-17(15(14)2)18-13-7-11-16-9-4-3-5-10-16/h3-5,7,9-11,14-15,17-18H,6,8,12-13H2,1-2H3/b11-7+/t14-,15-,17-/m1/s1. The minimum Gasteiger partial charge on any atom is -0.310 e. The highest BCUT2D eigenvalue weighted by Crippen LogP contribution is 2.29. The van der Waals surface area contributed by atoms with Gasteiger partial charge in [0.25, 0.3) is 0 Å². The van der Waals surface area contributed by atoms with E-state index in [1.54, 1.807) is 0 Å². The maximum Gasteiger partial charge on any atom is 0.0140 e. The maximum atomic E-state index is 3.69. The largest absolute Gasteiger partial charge is 0.310 e. The molecule has 1 saturated carbocycles. The zero-order valence-corrected chi connectivity index (χ0v) is 11.6. The summed E-state index contributed by atoms with van der Waals surface area (Å²) in [5, 5.41) is 3.69. The molecule has 2 rings (SSSR count). The Labute approximate surface area is 111 Å². The number of hydrogen-bond acceptors (Lipinski definition) is 1. The molecule has 0 aromatic heterocycles. The van der Waals surface area contributed by atoms with Gasteiger partial charge in [-0.15, -0.1) is 0 Å². The third kappa shape index (κ3) is 3.71. The van der Waals surface area contributed by atoms with E-state index >= 15 is 0 Å². The van der Waals surface area contributed by atoms with Crippen molar-refractivity contribution in [3.05, 3.63) is 42.0 Å². The van der Waals surface area contributed by atoms with Crippen molar-refractivity contribution in [1.82, 2.24) is 5.32 Å². The quantitative estimate of drug-likeness (QED) is 0.839. The van der Waals surface area contributed by atoms with Gasteiger partial charge in [0.15, 0.2) is 0 Å². The Kier molecular flexibility index (Phi) is 5.00. The van der Waals surface area contributed by atoms with Gasteiger partial charge in [0.1, 0.15) is 0 Å². The summed E-state index contributed by atoms with van der Waals surface area (Å²) in [6.07, 6.45) is 8.56. The molecule has 3 atom stereocenters. The van der Waals surface area contributed by atoms with Crippen molar-refractivity contribution >= 4 is 6.08 Å². The molecule has 1 aromatic carbocycles. The van der Waals surface area contributed by atoms with Gasteiger partial charge in [0.2, 0.25) is 0 Å². The molecule has 0 radical (unpaired) electrons. The van der Waals surface area contributed by atoms with E-state index in [0.29, 0.717) is 6.04 Å². The molecule has 98 valence electrons. The first kappa shape index (κ1) is 13.4. The van der Waals surface area contributed by atoms with Gasteiger partial charge in [-0.25, -0.2) is 0 Å². The Bertz CT molecular complexity index is 368. The van der Waals surface area contributed by atoms with Crippen LogP contribution in [0.2, 0.25) is 0 Å². The molecular formula is C17H25N. The summed E-state index contributed by atoms with van der Waals surface area (Å²) in [7, 11) is 0. The molecule has 0 spiro atoms. The van der Waals surface area contributed by atoms with Crippen LogP contribution in [0.3, 0.4) is 0 Å². The Balaban J connectivity index is 1.76. The highest BCUT2D eigenvalue weighted by molar-refractivity contribution is 5.48. The lowest BCUT2D eigenvalue weighted by atomic mass is 9.78. The number of rotatable bonds is 4. The summed E-state index contributed by atoms with van der Waals surface area (Å²) in [6, 6.07) is 11.2. The van der Waals surface area contributed by atoms with Crippen LogP contribution >= 0.6 is 0 Å². The van der Waals surface area contributed by atoms with Gasteiger partial charge >= 0.3 is 0 Å². The molecule has 0 unspecified atom stereocenters. The molecule has 0 aliphatic heterocycles. The van der Waals surface area contributed by atoms with Crippen molar-refractivity contribution < 1.29 is 0 Å². The third-order valence-corrected chi connectivity index (χ3v) is 4.31. The van der Waals surface area contributed by atoms with Crippen LogP contribution in [0.15, 0.2) is 36.4 Å². The second kappa shape index (κ2) is 6.75. The predicted molar refractivity (Wildman–Crippen MR) is 79.4 cm³/mol. The van der Waals surface area contributed by atoms with Gasteiger partial charge in [-0.1, -0.05) is 69.2 Å². The minimum absolute atomic E-state index is 0.703. The van der Waals surface area contributed by atoms with E-state index in [2.05, 4.69) is 61.6 Å². The van der Waals surface area contributed by atoms with Gasteiger partial charge in [0, 0.05) is 12.6 Å². The third-order valence-electron chi connectivity index (χ3n) is 4.31. The summed E-state index contributed by atoms with van der Waals surface area (Å²) in [5.41, 5.74) is 1.28. The van der Waals surface area contributed by atoms with Gasteiger partial charge in [-0.2, -0.15) is 0 Å². The summed E-state index contributed by atoms with van der Waals surface area (Å²) in [4.78, 5) is 0. The van der Waals surface area contributed by atoms with Gasteiger partial charge in [-0.05, 0) is 23.8 Å². The molecule has 0 saturated heterocycles. The Morgan fingerprint density at radius 3 is 2.72 bits per heavy atom. The molecule has 1 aromatic rings. The van der Waals surface area contributed by atoms with Crippen LogP contribution in [0.1, 0.15) is 38.7 Å². The molecule has 0 amide bonds. The van der Waals surface area contributed by atoms with Crippen molar-refractivity contribution in [1.29, 1.82) is 0 Å². The first-order valence-corrected chi connectivity index (χ1v) is 7.22. The molecular weight excluding hydrogens is 218 g/mol. The van der Waals surface area contributed by atoms with Crippen LogP contribution in [0.5, 0.6) is 0 Å². The first-order chi connectivity index (χ1) is 8.77. The van der Waals surface area contributed by atoms with Crippen LogP contribution in [0.25, 0.3) is 6.08 Å². The SMILES string of the molecule is C[C@@H]1[C@H](C)CCC[C@H]1NC/C=C/c1ccccc1. The monoisotopic (exact) mass is 243 g/mol. The molecule has 1 fully saturated rings. The zero-order valence-electron chi connectivity index (χ0n) is 11.6. The Hall–Kier alpha value is -1.08. The fourth-order valence-corrected chi connectivity index (χ4v) is 2.85. The van der Waals surface area contributed by atoms with E-state index < -0.39 is 0 Å². The summed E-state index contributed by atoms with van der Waals surface area (Å²) >= 11 is 0. The lowest BCUT2D eigenvalue weighted by Crippen LogP contribution is -2.40. The van der Waals surface area contributed by atoms with E-state index in [4.69, 9.17) is 0 Å². The lowest BCUT2D eigenvalue weighted by molar-refractivity contribution is 0.211. The van der Waals surface area contributed by atoms with E-state index in [1.807, 2.05) is 0 Å². The maximum absolute atomic E-state index is 3.69. The fraction of sp³-hybridized carbons (Fsp3) is 0.529. The topological polar surface area (TPSA) is 12.0 Å². The molecule has 0 heterocycles. The van der Waals surface area contributed by atoms with Crippen LogP contribution < -0.4 is 5.32 Å². The van der Waals surface area contributed by atoms with Crippen LogP contribution in [-0.4, -0.2) is 12.6 Å². The van der Waals surface area contributed by atoms with Crippen molar-refractivity contribution in [3.8, 4) is 0 Å². The molecule has 1 N–H and O–H groups in total. The van der Waals surface area contributed by atoms with E-state index in [1.165, 1.54) is 24.8 Å². The van der Waals surface area contributed by atoms with E-state index in [0.717, 1.165) is 18.4 Å². The average molecular weight is 243 g/mol. The summed E-state index contributed by atoms with van der Waals surface area (Å²) in [6.45, 7) is 5.76. The van der Waals surface area contributed by atoms with E-state index in [9.17, 15) is 0 Å². The predicted octanol–water partition coefficient (Wildman–Crippen LogP) is 4.11. The van der Waals surface area contributed by atoms with Gasteiger partial charge in [-0.3, -0.25) is 0 Å². The minimum atomic E-state index is 0.703. The second-order valence-corrected chi connectivity index (χ2v) is 5.60. The van der Waals surface area contributed by atoms with Crippen molar-refractivity contribution in [3.63, 3.8) is 0 Å². The average Bonchev–Trinajstić information content (AvgIpc) is 2.40. The van der Waals surface area contributed by atoms with Crippen molar-refractivity contribution in [2.45, 2.75) is 39.2 Å². The fourth-order valence-electron chi connectivity index (χ4n) is 2.85. The smallest absolute Gasteiger partial charge is 0.0140 e. The number of hydrogen-bond donors (Lipinski definition) is 1. The van der Waals surface area contributed by atoms with Crippen molar-refractivity contribution in [2.75, 3.05) is 6.54 Å². The summed E-state index contributed by atoms with van der Waals surface area (Å²) in [5.74, 6) is 1.68. The molecule has 1 aliphatic carbocycles. The Morgan fingerprint density at radius 1 is 1.17 bits per heavy atom. The highest BCUT2D eigenvalue weighted by Gasteiger charge is 2.25. The summed E-state index contributed by atoms with van der Waals surface area (Å²) < 4.78 is 0. The molecule has 1 nitrogen and oxygen atoms in total. The molecule has 18 heavy (non-hydrogen) atoms. The lowest BCUT2D eigenvalue weighted by Gasteiger charge is -2.34.